The second-order valence-corrected chi connectivity index (χ2v) is 6.67. The summed E-state index contributed by atoms with van der Waals surface area (Å²) in [7, 11) is 2.91. The van der Waals surface area contributed by atoms with Gasteiger partial charge < -0.3 is 20.2 Å². The Labute approximate surface area is 166 Å². The second-order valence-electron chi connectivity index (χ2n) is 5.86. The van der Waals surface area contributed by atoms with Crippen LogP contribution in [-0.4, -0.2) is 42.2 Å². The highest BCUT2D eigenvalue weighted by molar-refractivity contribution is 7.98. The molecule has 3 aromatic rings. The number of nitrogens with two attached hydrogens (primary N) is 1. The van der Waals surface area contributed by atoms with Crippen molar-refractivity contribution < 1.29 is 14.3 Å². The third-order valence-electron chi connectivity index (χ3n) is 4.26. The molecule has 1 aromatic heterocycles. The van der Waals surface area contributed by atoms with Gasteiger partial charge in [-0.05, 0) is 24.0 Å². The zero-order valence-electron chi connectivity index (χ0n) is 15.7. The molecule has 0 radical (unpaired) electrons. The minimum absolute atomic E-state index is 0.0249. The fourth-order valence-electron chi connectivity index (χ4n) is 2.86. The Morgan fingerprint density at radius 2 is 1.89 bits per heavy atom. The van der Waals surface area contributed by atoms with E-state index in [0.717, 1.165) is 16.8 Å². The van der Waals surface area contributed by atoms with Crippen molar-refractivity contribution in [1.82, 2.24) is 9.97 Å². The van der Waals surface area contributed by atoms with Gasteiger partial charge in [0.1, 0.15) is 17.4 Å². The molecule has 28 heavy (non-hydrogen) atoms. The van der Waals surface area contributed by atoms with Gasteiger partial charge in [-0.25, -0.2) is 9.78 Å². The highest BCUT2D eigenvalue weighted by Gasteiger charge is 2.21. The van der Waals surface area contributed by atoms with Crippen LogP contribution in [0.25, 0.3) is 22.6 Å². The fourth-order valence-corrected chi connectivity index (χ4v) is 3.61. The minimum Gasteiger partial charge on any atom is -0.495 e. The molecule has 1 heterocycles. The summed E-state index contributed by atoms with van der Waals surface area (Å²) in [6, 6.07) is 10.8. The molecule has 0 saturated heterocycles. The number of methoxy groups -OCH3 is 2. The molecule has 144 valence electrons. The van der Waals surface area contributed by atoms with Crippen LogP contribution < -0.4 is 10.5 Å². The number of aromatic amines is 1. The summed E-state index contributed by atoms with van der Waals surface area (Å²) >= 11 is 1.41. The van der Waals surface area contributed by atoms with Crippen molar-refractivity contribution in [3.63, 3.8) is 0 Å². The molecule has 0 atom stereocenters. The minimum atomic E-state index is -0.417. The smallest absolute Gasteiger partial charge is 0.339 e. The molecular weight excluding hydrogens is 376 g/mol. The lowest BCUT2D eigenvalue weighted by Gasteiger charge is -2.14. The molecule has 0 aliphatic carbocycles. The number of aromatic nitrogens is 2. The van der Waals surface area contributed by atoms with Crippen molar-refractivity contribution >= 4 is 23.6 Å². The molecule has 0 bridgehead atoms. The number of thioether (sulfide) groups is 1. The number of nitrogens with one attached hydrogen (secondary N) is 2. The zero-order chi connectivity index (χ0) is 20.3. The molecule has 0 fully saturated rings. The number of benzene rings is 2. The Hall–Kier alpha value is -3.26. The summed E-state index contributed by atoms with van der Waals surface area (Å²) in [6.07, 6.45) is 3.60. The number of amidine groups is 1. The number of carbonyl (C=O) groups is 1. The van der Waals surface area contributed by atoms with Crippen molar-refractivity contribution in [3.8, 4) is 28.4 Å². The third kappa shape index (κ3) is 3.59. The van der Waals surface area contributed by atoms with Gasteiger partial charge in [-0.3, -0.25) is 5.41 Å². The van der Waals surface area contributed by atoms with Crippen molar-refractivity contribution in [2.45, 2.75) is 4.90 Å². The molecule has 0 unspecified atom stereocenters. The summed E-state index contributed by atoms with van der Waals surface area (Å²) in [4.78, 5) is 20.5. The van der Waals surface area contributed by atoms with E-state index < -0.39 is 5.97 Å². The van der Waals surface area contributed by atoms with Crippen LogP contribution in [-0.2, 0) is 4.74 Å². The summed E-state index contributed by atoms with van der Waals surface area (Å²) in [5.74, 6) is 0.786. The normalized spacial score (nSPS) is 10.5. The van der Waals surface area contributed by atoms with E-state index in [4.69, 9.17) is 20.6 Å². The maximum absolute atomic E-state index is 12.0. The van der Waals surface area contributed by atoms with Gasteiger partial charge in [-0.1, -0.05) is 24.3 Å². The molecule has 8 heteroatoms. The molecule has 0 amide bonds. The first-order valence-corrected chi connectivity index (χ1v) is 9.56. The van der Waals surface area contributed by atoms with E-state index in [2.05, 4.69) is 9.97 Å². The summed E-state index contributed by atoms with van der Waals surface area (Å²) < 4.78 is 10.4. The number of carbonyl (C=O) groups excluding carboxylic acids is 1. The highest BCUT2D eigenvalue weighted by Crippen LogP contribution is 2.39. The van der Waals surface area contributed by atoms with Crippen LogP contribution >= 0.6 is 11.8 Å². The number of hydrogen-bond acceptors (Lipinski definition) is 6. The Balaban J connectivity index is 2.03. The van der Waals surface area contributed by atoms with E-state index in [1.807, 2.05) is 18.4 Å². The van der Waals surface area contributed by atoms with Gasteiger partial charge in [0, 0.05) is 5.56 Å². The van der Waals surface area contributed by atoms with E-state index >= 15 is 0 Å². The van der Waals surface area contributed by atoms with Gasteiger partial charge in [0.05, 0.1) is 42.1 Å². The molecule has 4 N–H and O–H groups in total. The maximum atomic E-state index is 12.0. The van der Waals surface area contributed by atoms with Crippen molar-refractivity contribution in [2.75, 3.05) is 20.5 Å². The number of rotatable bonds is 6. The SMILES string of the molecule is COC(=O)c1ccc(-c2ncc(-c3ccc(C(=N)N)cc3)[nH]2)c(OC)c1SC. The van der Waals surface area contributed by atoms with E-state index in [9.17, 15) is 4.79 Å². The van der Waals surface area contributed by atoms with E-state index in [-0.39, 0.29) is 5.84 Å². The average Bonchev–Trinajstić information content (AvgIpc) is 3.21. The monoisotopic (exact) mass is 396 g/mol. The molecule has 0 spiro atoms. The Morgan fingerprint density at radius 1 is 1.18 bits per heavy atom. The molecule has 0 aliphatic heterocycles. The number of hydrogen-bond donors (Lipinski definition) is 3. The average molecular weight is 396 g/mol. The first-order valence-electron chi connectivity index (χ1n) is 8.33. The van der Waals surface area contributed by atoms with Crippen LogP contribution in [0.3, 0.4) is 0 Å². The number of H-pyrrole nitrogens is 1. The van der Waals surface area contributed by atoms with Crippen LogP contribution in [0.2, 0.25) is 0 Å². The largest absolute Gasteiger partial charge is 0.495 e. The zero-order valence-corrected chi connectivity index (χ0v) is 16.5. The standard InChI is InChI=1S/C20H20N4O3S/c1-26-16-13(8-9-14(17(16)28-3)20(25)27-2)19-23-10-15(24-19)11-4-6-12(7-5-11)18(21)22/h4-10H,1-3H3,(H3,21,22)(H,23,24). The van der Waals surface area contributed by atoms with E-state index in [1.165, 1.54) is 18.9 Å². The lowest BCUT2D eigenvalue weighted by Crippen LogP contribution is -2.10. The Kier molecular flexibility index (Phi) is 5.70. The van der Waals surface area contributed by atoms with Crippen LogP contribution in [0.1, 0.15) is 15.9 Å². The fraction of sp³-hybridized carbons (Fsp3) is 0.150. The number of ether oxygens (including phenoxy) is 2. The van der Waals surface area contributed by atoms with Gasteiger partial charge in [0.25, 0.3) is 0 Å². The van der Waals surface area contributed by atoms with Crippen LogP contribution in [0.15, 0.2) is 47.5 Å². The van der Waals surface area contributed by atoms with Gasteiger partial charge in [0.2, 0.25) is 0 Å². The second kappa shape index (κ2) is 8.18. The molecule has 3 rings (SSSR count). The molecule has 0 saturated carbocycles. The molecule has 0 aliphatic rings. The first kappa shape index (κ1) is 19.5. The Bertz CT molecular complexity index is 1030. The van der Waals surface area contributed by atoms with E-state index in [1.54, 1.807) is 37.6 Å². The first-order chi connectivity index (χ1) is 13.5. The predicted octanol–water partition coefficient (Wildman–Crippen LogP) is 3.54. The number of nitrogens with zero attached hydrogens (tertiary/aromatic N) is 1. The van der Waals surface area contributed by atoms with Gasteiger partial charge in [-0.2, -0.15) is 0 Å². The van der Waals surface area contributed by atoms with Crippen LogP contribution in [0.5, 0.6) is 5.75 Å². The number of esters is 1. The molecule has 7 nitrogen and oxygen atoms in total. The van der Waals surface area contributed by atoms with Gasteiger partial charge in [0.15, 0.2) is 0 Å². The van der Waals surface area contributed by atoms with E-state index in [0.29, 0.717) is 27.6 Å². The lowest BCUT2D eigenvalue weighted by molar-refractivity contribution is 0.0596. The maximum Gasteiger partial charge on any atom is 0.339 e. The third-order valence-corrected chi connectivity index (χ3v) is 5.08. The predicted molar refractivity (Wildman–Crippen MR) is 110 cm³/mol. The van der Waals surface area contributed by atoms with Crippen molar-refractivity contribution in [3.05, 3.63) is 53.7 Å². The van der Waals surface area contributed by atoms with Crippen LogP contribution in [0, 0.1) is 5.41 Å². The summed E-state index contributed by atoms with van der Waals surface area (Å²) in [5.41, 5.74) is 9.08. The lowest BCUT2D eigenvalue weighted by atomic mass is 10.1. The topological polar surface area (TPSA) is 114 Å². The molecular formula is C20H20N4O3S. The van der Waals surface area contributed by atoms with Gasteiger partial charge in [-0.15, -0.1) is 11.8 Å². The number of nitrogen functional groups attached to an aromatic ring is 1. The summed E-state index contributed by atoms with van der Waals surface area (Å²) in [6.45, 7) is 0. The number of imidazole rings is 1. The van der Waals surface area contributed by atoms with Crippen molar-refractivity contribution in [2.24, 2.45) is 5.73 Å². The molecule has 2 aromatic carbocycles. The highest BCUT2D eigenvalue weighted by atomic mass is 32.2. The Morgan fingerprint density at radius 3 is 2.46 bits per heavy atom. The van der Waals surface area contributed by atoms with Gasteiger partial charge >= 0.3 is 5.97 Å². The quantitative estimate of drug-likeness (QED) is 0.254. The van der Waals surface area contributed by atoms with Crippen LogP contribution in [0.4, 0.5) is 0 Å². The van der Waals surface area contributed by atoms with Crippen molar-refractivity contribution in [1.29, 1.82) is 5.41 Å². The summed E-state index contributed by atoms with van der Waals surface area (Å²) in [5, 5.41) is 7.48.